The molecule has 0 aliphatic carbocycles. The molecule has 1 heterocycles. The van der Waals surface area contributed by atoms with Crippen LogP contribution in [0.2, 0.25) is 0 Å². The summed E-state index contributed by atoms with van der Waals surface area (Å²) in [6.07, 6.45) is -0.659. The maximum Gasteiger partial charge on any atom is 0.147 e. The number of aliphatic hydroxyl groups is 1. The Hall–Kier alpha value is -2.07. The zero-order valence-electron chi connectivity index (χ0n) is 12.3. The Bertz CT molecular complexity index is 657. The summed E-state index contributed by atoms with van der Waals surface area (Å²) in [7, 11) is 2.04. The molecule has 1 atom stereocenters. The Morgan fingerprint density at radius 1 is 1.05 bits per heavy atom. The van der Waals surface area contributed by atoms with E-state index in [0.29, 0.717) is 11.3 Å². The molecule has 0 aromatic heterocycles. The molecule has 0 amide bonds. The summed E-state index contributed by atoms with van der Waals surface area (Å²) in [4.78, 5) is 4.17. The van der Waals surface area contributed by atoms with E-state index in [-0.39, 0.29) is 5.82 Å². The third-order valence-electron chi connectivity index (χ3n) is 3.99. The number of para-hydroxylation sites is 2. The Balaban J connectivity index is 2.04. The summed E-state index contributed by atoms with van der Waals surface area (Å²) in [5.74, 6) is -0.298. The van der Waals surface area contributed by atoms with Crippen LogP contribution in [0.4, 0.5) is 21.5 Å². The molecule has 3 rings (SSSR count). The predicted molar refractivity (Wildman–Crippen MR) is 83.8 cm³/mol. The van der Waals surface area contributed by atoms with Crippen molar-refractivity contribution in [2.45, 2.75) is 13.0 Å². The van der Waals surface area contributed by atoms with Gasteiger partial charge < -0.3 is 14.9 Å². The van der Waals surface area contributed by atoms with E-state index in [1.165, 1.54) is 6.07 Å². The van der Waals surface area contributed by atoms with Crippen LogP contribution >= 0.6 is 0 Å². The minimum Gasteiger partial charge on any atom is -0.389 e. The summed E-state index contributed by atoms with van der Waals surface area (Å²) >= 11 is 0. The molecule has 0 fully saturated rings. The van der Waals surface area contributed by atoms with E-state index in [4.69, 9.17) is 0 Å². The van der Waals surface area contributed by atoms with Crippen molar-refractivity contribution in [1.29, 1.82) is 0 Å². The topological polar surface area (TPSA) is 26.7 Å². The van der Waals surface area contributed by atoms with Crippen LogP contribution in [0.15, 0.2) is 42.5 Å². The third-order valence-corrected chi connectivity index (χ3v) is 3.99. The number of halogens is 1. The minimum absolute atomic E-state index is 0.298. The van der Waals surface area contributed by atoms with Crippen molar-refractivity contribution in [2.24, 2.45) is 0 Å². The van der Waals surface area contributed by atoms with Crippen LogP contribution in [0.5, 0.6) is 0 Å². The molecule has 0 radical (unpaired) electrons. The van der Waals surface area contributed by atoms with Gasteiger partial charge in [-0.15, -0.1) is 0 Å². The number of fused-ring (bicyclic) bond motifs is 1. The molecule has 0 bridgehead atoms. The van der Waals surface area contributed by atoms with Crippen molar-refractivity contribution < 1.29 is 9.50 Å². The lowest BCUT2D eigenvalue weighted by Gasteiger charge is -2.37. The number of hydrogen-bond acceptors (Lipinski definition) is 3. The van der Waals surface area contributed by atoms with Gasteiger partial charge in [-0.25, -0.2) is 4.39 Å². The van der Waals surface area contributed by atoms with Crippen LogP contribution in [0.3, 0.4) is 0 Å². The molecule has 1 aliphatic heterocycles. The van der Waals surface area contributed by atoms with Crippen LogP contribution in [0.1, 0.15) is 18.6 Å². The molecule has 1 N–H and O–H groups in total. The van der Waals surface area contributed by atoms with Crippen molar-refractivity contribution in [1.82, 2.24) is 0 Å². The standard InChI is InChI=1S/C17H19FN2O/c1-12(21)13-7-8-15(14(18)11-13)20-10-9-19(2)16-5-3-4-6-17(16)20/h3-8,11-12,21H,9-10H2,1-2H3. The highest BCUT2D eigenvalue weighted by molar-refractivity contribution is 5.79. The van der Waals surface area contributed by atoms with Crippen LogP contribution in [-0.2, 0) is 0 Å². The van der Waals surface area contributed by atoms with Gasteiger partial charge >= 0.3 is 0 Å². The molecular weight excluding hydrogens is 267 g/mol. The first-order valence-electron chi connectivity index (χ1n) is 7.13. The highest BCUT2D eigenvalue weighted by atomic mass is 19.1. The number of likely N-dealkylation sites (N-methyl/N-ethyl adjacent to an activating group) is 1. The zero-order chi connectivity index (χ0) is 15.0. The summed E-state index contributed by atoms with van der Waals surface area (Å²) < 4.78 is 14.4. The van der Waals surface area contributed by atoms with Crippen molar-refractivity contribution in [3.63, 3.8) is 0 Å². The molecule has 2 aromatic rings. The molecule has 3 nitrogen and oxygen atoms in total. The molecule has 21 heavy (non-hydrogen) atoms. The second-order valence-electron chi connectivity index (χ2n) is 5.45. The molecular formula is C17H19FN2O. The van der Waals surface area contributed by atoms with Crippen LogP contribution in [-0.4, -0.2) is 25.2 Å². The van der Waals surface area contributed by atoms with Gasteiger partial charge in [0.2, 0.25) is 0 Å². The van der Waals surface area contributed by atoms with Gasteiger partial charge in [0, 0.05) is 20.1 Å². The minimum atomic E-state index is -0.659. The SMILES string of the molecule is CC(O)c1ccc(N2CCN(C)c3ccccc32)c(F)c1. The molecule has 1 unspecified atom stereocenters. The number of aliphatic hydroxyl groups excluding tert-OH is 1. The fraction of sp³-hybridized carbons (Fsp3) is 0.294. The van der Waals surface area contributed by atoms with Gasteiger partial charge in [0.15, 0.2) is 0 Å². The first kappa shape index (κ1) is 13.9. The average molecular weight is 286 g/mol. The van der Waals surface area contributed by atoms with Crippen molar-refractivity contribution >= 4 is 17.1 Å². The molecule has 4 heteroatoms. The van der Waals surface area contributed by atoms with E-state index in [0.717, 1.165) is 24.5 Å². The van der Waals surface area contributed by atoms with Crippen molar-refractivity contribution in [3.8, 4) is 0 Å². The molecule has 1 aliphatic rings. The van der Waals surface area contributed by atoms with Gasteiger partial charge in [0.05, 0.1) is 23.2 Å². The highest BCUT2D eigenvalue weighted by Crippen LogP contribution is 2.38. The monoisotopic (exact) mass is 286 g/mol. The van der Waals surface area contributed by atoms with Gasteiger partial charge in [-0.2, -0.15) is 0 Å². The Kier molecular flexibility index (Phi) is 3.55. The van der Waals surface area contributed by atoms with E-state index >= 15 is 0 Å². The summed E-state index contributed by atoms with van der Waals surface area (Å²) in [6.45, 7) is 3.21. The number of nitrogens with zero attached hydrogens (tertiary/aromatic N) is 2. The summed E-state index contributed by atoms with van der Waals surface area (Å²) in [5, 5.41) is 9.55. The fourth-order valence-corrected chi connectivity index (χ4v) is 2.76. The number of rotatable bonds is 2. The molecule has 110 valence electrons. The lowest BCUT2D eigenvalue weighted by atomic mass is 10.1. The number of hydrogen-bond donors (Lipinski definition) is 1. The lowest BCUT2D eigenvalue weighted by molar-refractivity contribution is 0.199. The normalized spacial score (nSPS) is 15.8. The average Bonchev–Trinajstić information content (AvgIpc) is 2.48. The van der Waals surface area contributed by atoms with E-state index in [9.17, 15) is 9.50 Å². The largest absolute Gasteiger partial charge is 0.389 e. The fourth-order valence-electron chi connectivity index (χ4n) is 2.76. The van der Waals surface area contributed by atoms with Gasteiger partial charge in [0.25, 0.3) is 0 Å². The van der Waals surface area contributed by atoms with Crippen molar-refractivity contribution in [3.05, 3.63) is 53.8 Å². The number of anilines is 3. The second kappa shape index (κ2) is 5.37. The Morgan fingerprint density at radius 2 is 1.76 bits per heavy atom. The van der Waals surface area contributed by atoms with Gasteiger partial charge in [0.1, 0.15) is 5.82 Å². The van der Waals surface area contributed by atoms with Crippen LogP contribution in [0.25, 0.3) is 0 Å². The molecule has 0 spiro atoms. The summed E-state index contributed by atoms with van der Waals surface area (Å²) in [5.41, 5.74) is 3.26. The maximum atomic E-state index is 14.4. The molecule has 0 saturated carbocycles. The first-order valence-corrected chi connectivity index (χ1v) is 7.13. The Labute approximate surface area is 124 Å². The second-order valence-corrected chi connectivity index (χ2v) is 5.45. The van der Waals surface area contributed by atoms with Gasteiger partial charge in [-0.1, -0.05) is 18.2 Å². The smallest absolute Gasteiger partial charge is 0.147 e. The van der Waals surface area contributed by atoms with E-state index in [1.807, 2.05) is 36.2 Å². The zero-order valence-corrected chi connectivity index (χ0v) is 12.3. The van der Waals surface area contributed by atoms with E-state index in [1.54, 1.807) is 19.1 Å². The van der Waals surface area contributed by atoms with E-state index < -0.39 is 6.10 Å². The molecule has 2 aromatic carbocycles. The predicted octanol–water partition coefficient (Wildman–Crippen LogP) is 3.47. The molecule has 0 saturated heterocycles. The van der Waals surface area contributed by atoms with Crippen molar-refractivity contribution in [2.75, 3.05) is 29.9 Å². The van der Waals surface area contributed by atoms with Crippen LogP contribution < -0.4 is 9.80 Å². The highest BCUT2D eigenvalue weighted by Gasteiger charge is 2.23. The van der Waals surface area contributed by atoms with Gasteiger partial charge in [-0.3, -0.25) is 0 Å². The van der Waals surface area contributed by atoms with Crippen LogP contribution in [0, 0.1) is 5.82 Å². The first-order chi connectivity index (χ1) is 10.1. The Morgan fingerprint density at radius 3 is 2.43 bits per heavy atom. The number of benzene rings is 2. The summed E-state index contributed by atoms with van der Waals surface area (Å²) in [6, 6.07) is 13.0. The quantitative estimate of drug-likeness (QED) is 0.915. The van der Waals surface area contributed by atoms with Gasteiger partial charge in [-0.05, 0) is 36.8 Å². The third kappa shape index (κ3) is 2.47. The lowest BCUT2D eigenvalue weighted by Crippen LogP contribution is -2.36. The van der Waals surface area contributed by atoms with E-state index in [2.05, 4.69) is 4.90 Å². The maximum absolute atomic E-state index is 14.4.